The first-order chi connectivity index (χ1) is 18.6. The number of nitrogens with zero attached hydrogens (tertiary/aromatic N) is 2. The summed E-state index contributed by atoms with van der Waals surface area (Å²) in [6, 6.07) is 31.4. The summed E-state index contributed by atoms with van der Waals surface area (Å²) in [5, 5.41) is 7.64. The lowest BCUT2D eigenvalue weighted by molar-refractivity contribution is 0.412. The van der Waals surface area contributed by atoms with Gasteiger partial charge in [-0.2, -0.15) is 0 Å². The van der Waals surface area contributed by atoms with Crippen molar-refractivity contribution >= 4 is 59.9 Å². The zero-order valence-corrected chi connectivity index (χ0v) is 23.9. The number of para-hydroxylation sites is 1. The van der Waals surface area contributed by atoms with Crippen LogP contribution in [-0.2, 0) is 12.8 Å². The molecule has 0 amide bonds. The number of pyridine rings is 2. The van der Waals surface area contributed by atoms with Crippen molar-refractivity contribution in [2.24, 2.45) is 10.8 Å². The fraction of sp³-hybridized carbons (Fsp3) is 0.270. The molecule has 0 atom stereocenters. The molecule has 0 unspecified atom stereocenters. The van der Waals surface area contributed by atoms with E-state index in [1.54, 1.807) is 0 Å². The average Bonchev–Trinajstić information content (AvgIpc) is 3.27. The van der Waals surface area contributed by atoms with Gasteiger partial charge in [-0.1, -0.05) is 96.1 Å². The van der Waals surface area contributed by atoms with Crippen LogP contribution in [0.2, 0.25) is 0 Å². The highest BCUT2D eigenvalue weighted by atomic mass is 14.9. The fourth-order valence-electron chi connectivity index (χ4n) is 6.53. The SMILES string of the molecule is CC(C)(C)Cc1cccc2c1cc1c3c(CC(C)(C)C)c4ccccc4nc3c3cc4ccccc4cc3n21. The van der Waals surface area contributed by atoms with Crippen molar-refractivity contribution in [2.75, 3.05) is 0 Å². The molecule has 3 heterocycles. The molecule has 0 saturated heterocycles. The number of aromatic nitrogens is 2. The number of fused-ring (bicyclic) bond motifs is 10. The van der Waals surface area contributed by atoms with Crippen LogP contribution in [0.4, 0.5) is 0 Å². The Hall–Kier alpha value is -3.91. The van der Waals surface area contributed by atoms with Crippen LogP contribution < -0.4 is 0 Å². The molecule has 0 aliphatic rings. The molecular weight excluding hydrogens is 472 g/mol. The largest absolute Gasteiger partial charge is 0.308 e. The third kappa shape index (κ3) is 3.97. The summed E-state index contributed by atoms with van der Waals surface area (Å²) in [4.78, 5) is 5.39. The molecule has 0 fully saturated rings. The normalized spacial score (nSPS) is 13.1. The van der Waals surface area contributed by atoms with E-state index in [1.165, 1.54) is 60.0 Å². The molecule has 7 rings (SSSR count). The van der Waals surface area contributed by atoms with Gasteiger partial charge in [0.1, 0.15) is 0 Å². The third-order valence-corrected chi connectivity index (χ3v) is 7.98. The molecule has 7 aromatic rings. The lowest BCUT2D eigenvalue weighted by Crippen LogP contribution is -2.11. The Bertz CT molecular complexity index is 2080. The van der Waals surface area contributed by atoms with Gasteiger partial charge in [0.25, 0.3) is 0 Å². The highest BCUT2D eigenvalue weighted by Gasteiger charge is 2.23. The van der Waals surface area contributed by atoms with Crippen molar-refractivity contribution in [3.8, 4) is 0 Å². The van der Waals surface area contributed by atoms with Crippen LogP contribution in [0.1, 0.15) is 52.7 Å². The van der Waals surface area contributed by atoms with Crippen LogP contribution in [0.3, 0.4) is 0 Å². The fourth-order valence-corrected chi connectivity index (χ4v) is 6.53. The Morgan fingerprint density at radius 1 is 0.590 bits per heavy atom. The highest BCUT2D eigenvalue weighted by Crippen LogP contribution is 2.41. The number of hydrogen-bond donors (Lipinski definition) is 0. The van der Waals surface area contributed by atoms with Crippen LogP contribution in [0.15, 0.2) is 84.9 Å². The van der Waals surface area contributed by atoms with Gasteiger partial charge in [-0.15, -0.1) is 0 Å². The molecule has 0 spiro atoms. The predicted octanol–water partition coefficient (Wildman–Crippen LogP) is 10.3. The maximum absolute atomic E-state index is 5.39. The van der Waals surface area contributed by atoms with Gasteiger partial charge < -0.3 is 4.40 Å². The van der Waals surface area contributed by atoms with E-state index < -0.39 is 0 Å². The van der Waals surface area contributed by atoms with E-state index in [-0.39, 0.29) is 10.8 Å². The molecule has 0 aliphatic heterocycles. The van der Waals surface area contributed by atoms with Crippen LogP contribution in [-0.4, -0.2) is 9.38 Å². The molecule has 0 aliphatic carbocycles. The molecule has 0 saturated carbocycles. The van der Waals surface area contributed by atoms with E-state index in [0.717, 1.165) is 23.9 Å². The summed E-state index contributed by atoms with van der Waals surface area (Å²) in [5.41, 5.74) is 9.12. The second-order valence-electron chi connectivity index (χ2n) is 13.7. The van der Waals surface area contributed by atoms with E-state index in [1.807, 2.05) is 0 Å². The van der Waals surface area contributed by atoms with Gasteiger partial charge in [-0.05, 0) is 75.9 Å². The van der Waals surface area contributed by atoms with Gasteiger partial charge in [0.05, 0.1) is 27.6 Å². The maximum atomic E-state index is 5.39. The van der Waals surface area contributed by atoms with Crippen molar-refractivity contribution < 1.29 is 0 Å². The molecule has 4 aromatic carbocycles. The van der Waals surface area contributed by atoms with Crippen molar-refractivity contribution in [1.29, 1.82) is 0 Å². The Balaban J connectivity index is 1.78. The van der Waals surface area contributed by atoms with Gasteiger partial charge in [-0.25, -0.2) is 4.98 Å². The minimum Gasteiger partial charge on any atom is -0.308 e. The molecular formula is C37H36N2. The average molecular weight is 509 g/mol. The monoisotopic (exact) mass is 508 g/mol. The first-order valence-electron chi connectivity index (χ1n) is 14.2. The van der Waals surface area contributed by atoms with E-state index in [4.69, 9.17) is 4.98 Å². The lowest BCUT2D eigenvalue weighted by atomic mass is 9.84. The van der Waals surface area contributed by atoms with Crippen molar-refractivity contribution in [3.63, 3.8) is 0 Å². The van der Waals surface area contributed by atoms with Gasteiger partial charge in [-0.3, -0.25) is 0 Å². The maximum Gasteiger partial charge on any atom is 0.0827 e. The van der Waals surface area contributed by atoms with Crippen LogP contribution >= 0.6 is 0 Å². The molecule has 0 bridgehead atoms. The summed E-state index contributed by atoms with van der Waals surface area (Å²) in [5.74, 6) is 0. The molecule has 39 heavy (non-hydrogen) atoms. The third-order valence-electron chi connectivity index (χ3n) is 7.98. The van der Waals surface area contributed by atoms with E-state index in [0.29, 0.717) is 0 Å². The minimum atomic E-state index is 0.135. The second kappa shape index (κ2) is 8.29. The number of hydrogen-bond acceptors (Lipinski definition) is 1. The molecule has 3 aromatic heterocycles. The minimum absolute atomic E-state index is 0.135. The van der Waals surface area contributed by atoms with Gasteiger partial charge in [0.2, 0.25) is 0 Å². The lowest BCUT2D eigenvalue weighted by Gasteiger charge is -2.22. The van der Waals surface area contributed by atoms with Gasteiger partial charge in [0.15, 0.2) is 0 Å². The van der Waals surface area contributed by atoms with Crippen molar-refractivity contribution in [3.05, 3.63) is 96.1 Å². The summed E-state index contributed by atoms with van der Waals surface area (Å²) in [6.45, 7) is 14.0. The number of rotatable bonds is 2. The quantitative estimate of drug-likeness (QED) is 0.168. The van der Waals surface area contributed by atoms with Crippen LogP contribution in [0, 0.1) is 10.8 Å². The van der Waals surface area contributed by atoms with Crippen molar-refractivity contribution in [1.82, 2.24) is 9.38 Å². The predicted molar refractivity (Wildman–Crippen MR) is 169 cm³/mol. The highest BCUT2D eigenvalue weighted by molar-refractivity contribution is 6.20. The van der Waals surface area contributed by atoms with E-state index in [2.05, 4.69) is 131 Å². The number of benzene rings is 4. The molecule has 0 radical (unpaired) electrons. The molecule has 194 valence electrons. The summed E-state index contributed by atoms with van der Waals surface area (Å²) in [6.07, 6.45) is 2.02. The Morgan fingerprint density at radius 2 is 1.28 bits per heavy atom. The zero-order chi connectivity index (χ0) is 27.1. The summed E-state index contributed by atoms with van der Waals surface area (Å²) < 4.78 is 2.52. The first-order valence-corrected chi connectivity index (χ1v) is 14.2. The van der Waals surface area contributed by atoms with E-state index >= 15 is 0 Å². The smallest absolute Gasteiger partial charge is 0.0827 e. The van der Waals surface area contributed by atoms with Crippen LogP contribution in [0.5, 0.6) is 0 Å². The topological polar surface area (TPSA) is 17.3 Å². The molecule has 0 N–H and O–H groups in total. The van der Waals surface area contributed by atoms with E-state index in [9.17, 15) is 0 Å². The van der Waals surface area contributed by atoms with Crippen molar-refractivity contribution in [2.45, 2.75) is 54.4 Å². The van der Waals surface area contributed by atoms with Gasteiger partial charge in [0, 0.05) is 21.5 Å². The second-order valence-corrected chi connectivity index (χ2v) is 13.7. The Labute approximate surface area is 230 Å². The molecule has 2 heteroatoms. The van der Waals surface area contributed by atoms with Gasteiger partial charge >= 0.3 is 0 Å². The summed E-state index contributed by atoms with van der Waals surface area (Å²) in [7, 11) is 0. The molecule has 2 nitrogen and oxygen atoms in total. The summed E-state index contributed by atoms with van der Waals surface area (Å²) >= 11 is 0. The first kappa shape index (κ1) is 24.2. The standard InChI is InChI=1S/C37H36N2/c1-36(2,3)21-25-14-11-17-31-27(25)20-33-34-29(22-37(4,5)6)26-15-9-10-16-30(26)38-35(34)28-18-23-12-7-8-13-24(23)19-32(28)39(31)33/h7-20H,21-22H2,1-6H3. The zero-order valence-electron chi connectivity index (χ0n) is 23.9. The van der Waals surface area contributed by atoms with Crippen LogP contribution in [0.25, 0.3) is 59.9 Å². The Morgan fingerprint density at radius 3 is 2.03 bits per heavy atom. The Kier molecular flexibility index (Phi) is 5.14.